The van der Waals surface area contributed by atoms with Crippen molar-refractivity contribution >= 4 is 17.5 Å². The second kappa shape index (κ2) is 8.12. The van der Waals surface area contributed by atoms with Gasteiger partial charge in [-0.1, -0.05) is 63.9 Å². The van der Waals surface area contributed by atoms with Gasteiger partial charge >= 0.3 is 0 Å². The van der Waals surface area contributed by atoms with Crippen LogP contribution in [0.1, 0.15) is 40.5 Å². The molecule has 0 fully saturated rings. The van der Waals surface area contributed by atoms with Crippen molar-refractivity contribution in [1.29, 1.82) is 0 Å². The fourth-order valence-corrected chi connectivity index (χ4v) is 3.34. The number of aryl methyl sites for hydroxylation is 2. The minimum Gasteiger partial charge on any atom is -0.360 e. The number of hydrogen-bond donors (Lipinski definition) is 1. The van der Waals surface area contributed by atoms with Crippen molar-refractivity contribution in [1.82, 2.24) is 20.6 Å². The standard InChI is InChI=1S/C22H19ClN4O3/c1-12-7-6-8-15(11-12)20-25-22(30-27-20)13(2)24-21(28)18-14(3)29-26-19(18)16-9-4-5-10-17(16)23/h4-11,13H,1-3H3,(H,24,28). The number of nitrogens with zero attached hydrogens (tertiary/aromatic N) is 3. The van der Waals surface area contributed by atoms with Gasteiger partial charge in [-0.15, -0.1) is 0 Å². The maximum absolute atomic E-state index is 13.0. The Hall–Kier alpha value is -3.45. The van der Waals surface area contributed by atoms with Crippen LogP contribution in [0, 0.1) is 13.8 Å². The molecular formula is C22H19ClN4O3. The van der Waals surface area contributed by atoms with E-state index in [4.69, 9.17) is 20.6 Å². The van der Waals surface area contributed by atoms with Crippen LogP contribution in [-0.2, 0) is 0 Å². The first-order valence-corrected chi connectivity index (χ1v) is 9.74. The molecule has 7 nitrogen and oxygen atoms in total. The number of halogens is 1. The van der Waals surface area contributed by atoms with E-state index in [1.54, 1.807) is 26.0 Å². The molecule has 2 aromatic carbocycles. The molecule has 2 heterocycles. The van der Waals surface area contributed by atoms with E-state index in [9.17, 15) is 4.79 Å². The zero-order valence-corrected chi connectivity index (χ0v) is 17.4. The molecular weight excluding hydrogens is 404 g/mol. The molecule has 0 radical (unpaired) electrons. The highest BCUT2D eigenvalue weighted by molar-refractivity contribution is 6.33. The zero-order chi connectivity index (χ0) is 21.3. The molecule has 0 aliphatic rings. The summed E-state index contributed by atoms with van der Waals surface area (Å²) in [7, 11) is 0. The first-order valence-electron chi connectivity index (χ1n) is 9.36. The number of nitrogens with one attached hydrogen (secondary N) is 1. The average molecular weight is 423 g/mol. The minimum absolute atomic E-state index is 0.299. The molecule has 4 aromatic rings. The molecule has 1 unspecified atom stereocenters. The first kappa shape index (κ1) is 19.8. The molecule has 30 heavy (non-hydrogen) atoms. The summed E-state index contributed by atoms with van der Waals surface area (Å²) in [5.41, 5.74) is 3.25. The molecule has 4 rings (SSSR count). The average Bonchev–Trinajstić information content (AvgIpc) is 3.35. The number of benzene rings is 2. The number of carbonyl (C=O) groups excluding carboxylic acids is 1. The highest BCUT2D eigenvalue weighted by Gasteiger charge is 2.26. The molecule has 1 atom stereocenters. The number of aromatic nitrogens is 3. The van der Waals surface area contributed by atoms with E-state index < -0.39 is 6.04 Å². The van der Waals surface area contributed by atoms with Crippen molar-refractivity contribution in [2.24, 2.45) is 0 Å². The van der Waals surface area contributed by atoms with Gasteiger partial charge in [0, 0.05) is 11.1 Å². The number of rotatable bonds is 5. The van der Waals surface area contributed by atoms with Gasteiger partial charge in [0.2, 0.25) is 11.7 Å². The highest BCUT2D eigenvalue weighted by Crippen LogP contribution is 2.31. The van der Waals surface area contributed by atoms with Gasteiger partial charge in [-0.3, -0.25) is 4.79 Å². The van der Waals surface area contributed by atoms with Crippen LogP contribution in [0.3, 0.4) is 0 Å². The first-order chi connectivity index (χ1) is 14.4. The summed E-state index contributed by atoms with van der Waals surface area (Å²) in [4.78, 5) is 17.4. The van der Waals surface area contributed by atoms with E-state index in [0.29, 0.717) is 39.3 Å². The van der Waals surface area contributed by atoms with E-state index in [1.165, 1.54) is 0 Å². The molecule has 1 N–H and O–H groups in total. The van der Waals surface area contributed by atoms with Crippen molar-refractivity contribution in [3.8, 4) is 22.6 Å². The number of carbonyl (C=O) groups is 1. The minimum atomic E-state index is -0.517. The van der Waals surface area contributed by atoms with Gasteiger partial charge in [0.25, 0.3) is 5.91 Å². The normalized spacial score (nSPS) is 12.0. The predicted octanol–water partition coefficient (Wildman–Crippen LogP) is 5.15. The molecule has 1 amide bonds. The zero-order valence-electron chi connectivity index (χ0n) is 16.6. The van der Waals surface area contributed by atoms with E-state index in [0.717, 1.165) is 11.1 Å². The quantitative estimate of drug-likeness (QED) is 0.477. The molecule has 0 saturated carbocycles. The lowest BCUT2D eigenvalue weighted by Gasteiger charge is -2.10. The topological polar surface area (TPSA) is 94.1 Å². The lowest BCUT2D eigenvalue weighted by Crippen LogP contribution is -2.27. The lowest BCUT2D eigenvalue weighted by atomic mass is 10.1. The van der Waals surface area contributed by atoms with Gasteiger partial charge in [-0.25, -0.2) is 0 Å². The third kappa shape index (κ3) is 3.84. The maximum Gasteiger partial charge on any atom is 0.257 e. The van der Waals surface area contributed by atoms with Gasteiger partial charge in [0.15, 0.2) is 0 Å². The monoisotopic (exact) mass is 422 g/mol. The second-order valence-electron chi connectivity index (χ2n) is 6.96. The number of hydrogen-bond acceptors (Lipinski definition) is 6. The summed E-state index contributed by atoms with van der Waals surface area (Å²) in [6.07, 6.45) is 0. The van der Waals surface area contributed by atoms with Crippen molar-refractivity contribution in [3.05, 3.63) is 76.3 Å². The number of amides is 1. The Kier molecular flexibility index (Phi) is 5.37. The van der Waals surface area contributed by atoms with Crippen LogP contribution < -0.4 is 5.32 Å². The van der Waals surface area contributed by atoms with Crippen molar-refractivity contribution in [2.75, 3.05) is 0 Å². The molecule has 0 aliphatic heterocycles. The van der Waals surface area contributed by atoms with Crippen LogP contribution in [-0.4, -0.2) is 21.2 Å². The van der Waals surface area contributed by atoms with Crippen LogP contribution in [0.25, 0.3) is 22.6 Å². The molecule has 8 heteroatoms. The predicted molar refractivity (Wildman–Crippen MR) is 112 cm³/mol. The maximum atomic E-state index is 13.0. The SMILES string of the molecule is Cc1cccc(-c2noc(C(C)NC(=O)c3c(-c4ccccc4Cl)noc3C)n2)c1. The fraction of sp³-hybridized carbons (Fsp3) is 0.182. The van der Waals surface area contributed by atoms with Crippen molar-refractivity contribution < 1.29 is 13.8 Å². The Labute approximate surface area is 178 Å². The summed E-state index contributed by atoms with van der Waals surface area (Å²) in [5, 5.41) is 11.4. The molecule has 0 spiro atoms. The molecule has 2 aromatic heterocycles. The van der Waals surface area contributed by atoms with Crippen LogP contribution in [0.5, 0.6) is 0 Å². The van der Waals surface area contributed by atoms with Gasteiger partial charge in [0.05, 0.1) is 5.02 Å². The Morgan fingerprint density at radius 3 is 2.63 bits per heavy atom. The molecule has 152 valence electrons. The third-order valence-electron chi connectivity index (χ3n) is 4.65. The Morgan fingerprint density at radius 2 is 1.87 bits per heavy atom. The van der Waals surface area contributed by atoms with E-state index in [1.807, 2.05) is 43.3 Å². The molecule has 0 saturated heterocycles. The lowest BCUT2D eigenvalue weighted by molar-refractivity contribution is 0.0931. The fourth-order valence-electron chi connectivity index (χ4n) is 3.12. The van der Waals surface area contributed by atoms with E-state index >= 15 is 0 Å². The van der Waals surface area contributed by atoms with Crippen LogP contribution >= 0.6 is 11.6 Å². The Morgan fingerprint density at radius 1 is 1.07 bits per heavy atom. The van der Waals surface area contributed by atoms with Gasteiger partial charge in [0.1, 0.15) is 23.1 Å². The van der Waals surface area contributed by atoms with E-state index in [-0.39, 0.29) is 5.91 Å². The Balaban J connectivity index is 1.57. The van der Waals surface area contributed by atoms with Gasteiger partial charge < -0.3 is 14.4 Å². The summed E-state index contributed by atoms with van der Waals surface area (Å²) < 4.78 is 10.6. The second-order valence-corrected chi connectivity index (χ2v) is 7.37. The summed E-state index contributed by atoms with van der Waals surface area (Å²) in [6.45, 7) is 5.43. The van der Waals surface area contributed by atoms with Crippen LogP contribution in [0.2, 0.25) is 5.02 Å². The van der Waals surface area contributed by atoms with Crippen molar-refractivity contribution in [2.45, 2.75) is 26.8 Å². The highest BCUT2D eigenvalue weighted by atomic mass is 35.5. The van der Waals surface area contributed by atoms with Crippen LogP contribution in [0.15, 0.2) is 57.6 Å². The van der Waals surface area contributed by atoms with Gasteiger partial charge in [-0.2, -0.15) is 4.98 Å². The smallest absolute Gasteiger partial charge is 0.257 e. The summed E-state index contributed by atoms with van der Waals surface area (Å²) >= 11 is 6.27. The third-order valence-corrected chi connectivity index (χ3v) is 4.98. The van der Waals surface area contributed by atoms with Crippen molar-refractivity contribution in [3.63, 3.8) is 0 Å². The Bertz CT molecular complexity index is 1210. The summed E-state index contributed by atoms with van der Waals surface area (Å²) in [6, 6.07) is 14.4. The molecule has 0 aliphatic carbocycles. The van der Waals surface area contributed by atoms with Gasteiger partial charge in [-0.05, 0) is 32.9 Å². The largest absolute Gasteiger partial charge is 0.360 e. The molecule has 0 bridgehead atoms. The van der Waals surface area contributed by atoms with E-state index in [2.05, 4.69) is 20.6 Å². The van der Waals surface area contributed by atoms with Crippen LogP contribution in [0.4, 0.5) is 0 Å². The summed E-state index contributed by atoms with van der Waals surface area (Å²) in [5.74, 6) is 0.785.